The first-order valence-electron chi connectivity index (χ1n) is 8.16. The Hall–Kier alpha value is -1.70. The molecule has 134 valence electrons. The second-order valence-electron chi connectivity index (χ2n) is 6.03. The predicted molar refractivity (Wildman–Crippen MR) is 101 cm³/mol. The number of anilines is 1. The summed E-state index contributed by atoms with van der Waals surface area (Å²) in [6.45, 7) is 3.92. The van der Waals surface area contributed by atoms with Crippen LogP contribution in [0.3, 0.4) is 0 Å². The molecule has 1 aliphatic rings. The van der Waals surface area contributed by atoms with Crippen molar-refractivity contribution in [1.82, 2.24) is 15.1 Å². The Morgan fingerprint density at radius 2 is 2.32 bits per heavy atom. The minimum absolute atomic E-state index is 0.222. The summed E-state index contributed by atoms with van der Waals surface area (Å²) >= 11 is 11.4. The summed E-state index contributed by atoms with van der Waals surface area (Å²) in [6, 6.07) is 6.26. The fourth-order valence-electron chi connectivity index (χ4n) is 2.71. The van der Waals surface area contributed by atoms with Gasteiger partial charge >= 0.3 is 0 Å². The molecule has 0 spiro atoms. The first kappa shape index (κ1) is 18.1. The van der Waals surface area contributed by atoms with Gasteiger partial charge in [-0.05, 0) is 49.7 Å². The minimum Gasteiger partial charge on any atom is -0.376 e. The average molecular weight is 383 g/mol. The van der Waals surface area contributed by atoms with Crippen molar-refractivity contribution in [2.75, 3.05) is 18.5 Å². The molecule has 1 saturated heterocycles. The van der Waals surface area contributed by atoms with E-state index >= 15 is 0 Å². The molecule has 0 aliphatic carbocycles. The van der Waals surface area contributed by atoms with Gasteiger partial charge in [0.2, 0.25) is 0 Å². The number of rotatable bonds is 5. The molecule has 2 aromatic rings. The van der Waals surface area contributed by atoms with Gasteiger partial charge in [0, 0.05) is 29.9 Å². The number of benzene rings is 1. The van der Waals surface area contributed by atoms with Crippen LogP contribution in [0.1, 0.15) is 24.1 Å². The van der Waals surface area contributed by atoms with Crippen LogP contribution < -0.4 is 10.6 Å². The normalized spacial score (nSPS) is 16.8. The number of nitrogens with one attached hydrogen (secondary N) is 2. The van der Waals surface area contributed by atoms with Gasteiger partial charge in [-0.25, -0.2) is 4.39 Å². The van der Waals surface area contributed by atoms with Gasteiger partial charge < -0.3 is 15.4 Å². The van der Waals surface area contributed by atoms with Gasteiger partial charge in [-0.2, -0.15) is 5.10 Å². The van der Waals surface area contributed by atoms with Crippen molar-refractivity contribution >= 4 is 34.7 Å². The van der Waals surface area contributed by atoms with E-state index in [1.165, 1.54) is 12.1 Å². The lowest BCUT2D eigenvalue weighted by molar-refractivity contribution is 0.114. The van der Waals surface area contributed by atoms with Crippen molar-refractivity contribution in [3.8, 4) is 0 Å². The van der Waals surface area contributed by atoms with Crippen molar-refractivity contribution < 1.29 is 9.13 Å². The van der Waals surface area contributed by atoms with E-state index in [0.717, 1.165) is 30.7 Å². The van der Waals surface area contributed by atoms with Crippen LogP contribution in [0.15, 0.2) is 24.3 Å². The van der Waals surface area contributed by atoms with Gasteiger partial charge in [0.15, 0.2) is 10.9 Å². The van der Waals surface area contributed by atoms with Crippen molar-refractivity contribution in [2.45, 2.75) is 32.4 Å². The summed E-state index contributed by atoms with van der Waals surface area (Å²) < 4.78 is 20.5. The van der Waals surface area contributed by atoms with Crippen LogP contribution in [0.25, 0.3) is 0 Å². The monoisotopic (exact) mass is 382 g/mol. The maximum Gasteiger partial charge on any atom is 0.172 e. The van der Waals surface area contributed by atoms with Gasteiger partial charge in [0.1, 0.15) is 5.82 Å². The van der Waals surface area contributed by atoms with E-state index in [9.17, 15) is 4.39 Å². The van der Waals surface area contributed by atoms with Gasteiger partial charge in [-0.15, -0.1) is 0 Å². The van der Waals surface area contributed by atoms with Gasteiger partial charge in [0.25, 0.3) is 0 Å². The largest absolute Gasteiger partial charge is 0.376 e. The van der Waals surface area contributed by atoms with E-state index in [2.05, 4.69) is 15.7 Å². The minimum atomic E-state index is -0.351. The summed E-state index contributed by atoms with van der Waals surface area (Å²) in [5, 5.41) is 11.6. The molecule has 0 radical (unpaired) electrons. The molecule has 25 heavy (non-hydrogen) atoms. The lowest BCUT2D eigenvalue weighted by Crippen LogP contribution is -2.34. The smallest absolute Gasteiger partial charge is 0.172 e. The molecule has 2 N–H and O–H groups in total. The molecule has 3 rings (SSSR count). The molecule has 5 nitrogen and oxygen atoms in total. The summed E-state index contributed by atoms with van der Waals surface area (Å²) in [5.74, 6) is 0.302. The number of ether oxygens (including phenoxy) is 1. The number of hydrogen-bond acceptors (Lipinski definition) is 3. The SMILES string of the molecule is Cc1cc(NC(=S)NCC2CCCO2)nn1Cc1ccc(F)cc1Cl. The highest BCUT2D eigenvalue weighted by molar-refractivity contribution is 7.80. The van der Waals surface area contributed by atoms with Gasteiger partial charge in [0.05, 0.1) is 12.6 Å². The molecular formula is C17H20ClFN4OS. The lowest BCUT2D eigenvalue weighted by Gasteiger charge is -2.12. The number of aromatic nitrogens is 2. The molecule has 2 heterocycles. The van der Waals surface area contributed by atoms with E-state index in [4.69, 9.17) is 28.6 Å². The van der Waals surface area contributed by atoms with Crippen molar-refractivity contribution in [3.63, 3.8) is 0 Å². The van der Waals surface area contributed by atoms with Crippen molar-refractivity contribution in [2.24, 2.45) is 0 Å². The molecular weight excluding hydrogens is 363 g/mol. The quantitative estimate of drug-likeness (QED) is 0.775. The average Bonchev–Trinajstić information content (AvgIpc) is 3.18. The summed E-state index contributed by atoms with van der Waals surface area (Å²) in [5.41, 5.74) is 1.75. The fourth-order valence-corrected chi connectivity index (χ4v) is 3.13. The topological polar surface area (TPSA) is 51.1 Å². The molecule has 0 amide bonds. The lowest BCUT2D eigenvalue weighted by atomic mass is 10.2. The van der Waals surface area contributed by atoms with Crippen molar-refractivity contribution in [1.29, 1.82) is 0 Å². The molecule has 1 atom stereocenters. The van der Waals surface area contributed by atoms with Crippen LogP contribution in [0.5, 0.6) is 0 Å². The van der Waals surface area contributed by atoms with Crippen LogP contribution in [0.4, 0.5) is 10.2 Å². The molecule has 0 saturated carbocycles. The number of thiocarbonyl (C=S) groups is 1. The Morgan fingerprint density at radius 1 is 1.48 bits per heavy atom. The Bertz CT molecular complexity index is 761. The zero-order chi connectivity index (χ0) is 17.8. The molecule has 1 aliphatic heterocycles. The van der Waals surface area contributed by atoms with Crippen LogP contribution in [0, 0.1) is 12.7 Å². The summed E-state index contributed by atoms with van der Waals surface area (Å²) in [4.78, 5) is 0. The van der Waals surface area contributed by atoms with E-state index < -0.39 is 0 Å². The van der Waals surface area contributed by atoms with Gasteiger partial charge in [-0.3, -0.25) is 4.68 Å². The van der Waals surface area contributed by atoms with Crippen molar-refractivity contribution in [3.05, 3.63) is 46.4 Å². The maximum atomic E-state index is 13.2. The predicted octanol–water partition coefficient (Wildman–Crippen LogP) is 3.50. The fraction of sp³-hybridized carbons (Fsp3) is 0.412. The first-order chi connectivity index (χ1) is 12.0. The van der Waals surface area contributed by atoms with E-state index in [0.29, 0.717) is 29.0 Å². The second kappa shape index (κ2) is 8.12. The summed E-state index contributed by atoms with van der Waals surface area (Å²) in [6.07, 6.45) is 2.38. The zero-order valence-corrected chi connectivity index (χ0v) is 15.5. The molecule has 1 fully saturated rings. The standard InChI is InChI=1S/C17H20ClFN4OS/c1-11-7-16(21-17(25)20-9-14-3-2-6-24-14)22-23(11)10-12-4-5-13(19)8-15(12)18/h4-5,7-8,14H,2-3,6,9-10H2,1H3,(H2,20,21,22,25). The highest BCUT2D eigenvalue weighted by Crippen LogP contribution is 2.20. The number of hydrogen-bond donors (Lipinski definition) is 2. The number of aryl methyl sites for hydroxylation is 1. The Balaban J connectivity index is 1.58. The molecule has 1 aromatic carbocycles. The van der Waals surface area contributed by atoms with E-state index in [1.54, 1.807) is 10.7 Å². The third-order valence-corrected chi connectivity index (χ3v) is 4.67. The number of nitrogens with zero attached hydrogens (tertiary/aromatic N) is 2. The molecule has 1 unspecified atom stereocenters. The van der Waals surface area contributed by atoms with Crippen LogP contribution in [0.2, 0.25) is 5.02 Å². The van der Waals surface area contributed by atoms with E-state index in [1.807, 2.05) is 13.0 Å². The number of halogens is 2. The Kier molecular flexibility index (Phi) is 5.88. The summed E-state index contributed by atoms with van der Waals surface area (Å²) in [7, 11) is 0. The molecule has 1 aromatic heterocycles. The Labute approximate surface area is 156 Å². The molecule has 8 heteroatoms. The van der Waals surface area contributed by atoms with Crippen LogP contribution >= 0.6 is 23.8 Å². The third kappa shape index (κ3) is 4.90. The zero-order valence-electron chi connectivity index (χ0n) is 13.9. The van der Waals surface area contributed by atoms with Crippen LogP contribution in [-0.2, 0) is 11.3 Å². The highest BCUT2D eigenvalue weighted by Gasteiger charge is 2.15. The van der Waals surface area contributed by atoms with E-state index in [-0.39, 0.29) is 11.9 Å². The molecule has 0 bridgehead atoms. The third-order valence-electron chi connectivity index (χ3n) is 4.07. The second-order valence-corrected chi connectivity index (χ2v) is 6.85. The first-order valence-corrected chi connectivity index (χ1v) is 8.95. The van der Waals surface area contributed by atoms with Gasteiger partial charge in [-0.1, -0.05) is 17.7 Å². The van der Waals surface area contributed by atoms with Crippen LogP contribution in [-0.4, -0.2) is 34.1 Å². The maximum absolute atomic E-state index is 13.2. The Morgan fingerprint density at radius 3 is 3.04 bits per heavy atom. The highest BCUT2D eigenvalue weighted by atomic mass is 35.5.